The summed E-state index contributed by atoms with van der Waals surface area (Å²) in [6, 6.07) is 7.11. The van der Waals surface area contributed by atoms with Gasteiger partial charge in [-0.2, -0.15) is 0 Å². The van der Waals surface area contributed by atoms with Gasteiger partial charge in [0.25, 0.3) is 0 Å². The molecule has 1 aromatic carbocycles. The Morgan fingerprint density at radius 3 is 2.71 bits per heavy atom. The van der Waals surface area contributed by atoms with E-state index in [0.29, 0.717) is 28.1 Å². The van der Waals surface area contributed by atoms with Gasteiger partial charge >= 0.3 is 0 Å². The topological polar surface area (TPSA) is 75.9 Å². The van der Waals surface area contributed by atoms with Crippen LogP contribution in [0.25, 0.3) is 6.08 Å². The number of halogens is 1. The Morgan fingerprint density at radius 1 is 1.43 bits per heavy atom. The normalized spacial score (nSPS) is 10.4. The van der Waals surface area contributed by atoms with E-state index in [2.05, 4.69) is 27.5 Å². The summed E-state index contributed by atoms with van der Waals surface area (Å²) >= 11 is 3.35. The van der Waals surface area contributed by atoms with Gasteiger partial charge in [-0.25, -0.2) is 0 Å². The lowest BCUT2D eigenvalue weighted by molar-refractivity contribution is 0.0996. The average molecular weight is 347 g/mol. The molecule has 0 radical (unpaired) electrons. The number of carbonyl (C=O) groups is 2. The number of H-pyrrole nitrogens is 1. The van der Waals surface area contributed by atoms with Crippen LogP contribution in [0.5, 0.6) is 0 Å². The van der Waals surface area contributed by atoms with Crippen LogP contribution >= 0.6 is 15.9 Å². The van der Waals surface area contributed by atoms with E-state index in [4.69, 9.17) is 5.73 Å². The van der Waals surface area contributed by atoms with E-state index in [0.717, 1.165) is 4.47 Å². The Balaban J connectivity index is 2.58. The van der Waals surface area contributed by atoms with E-state index in [1.54, 1.807) is 25.1 Å². The van der Waals surface area contributed by atoms with Crippen LogP contribution < -0.4 is 5.73 Å². The number of ketones is 2. The van der Waals surface area contributed by atoms with Crippen LogP contribution in [0.3, 0.4) is 0 Å². The molecule has 0 amide bonds. The molecular weight excluding hydrogens is 332 g/mol. The third-order valence-corrected chi connectivity index (χ3v) is 3.75. The van der Waals surface area contributed by atoms with E-state index >= 15 is 0 Å². The molecule has 0 bridgehead atoms. The molecule has 0 spiro atoms. The van der Waals surface area contributed by atoms with E-state index in [1.807, 2.05) is 6.07 Å². The zero-order valence-corrected chi connectivity index (χ0v) is 13.2. The Hall–Kier alpha value is -1.98. The second-order valence-corrected chi connectivity index (χ2v) is 5.50. The molecule has 0 saturated carbocycles. The maximum Gasteiger partial charge on any atom is 0.195 e. The van der Waals surface area contributed by atoms with Crippen LogP contribution in [-0.4, -0.2) is 23.1 Å². The van der Waals surface area contributed by atoms with E-state index in [-0.39, 0.29) is 18.1 Å². The highest BCUT2D eigenvalue weighted by Crippen LogP contribution is 2.24. The second-order valence-electron chi connectivity index (χ2n) is 4.58. The molecule has 1 aromatic heterocycles. The van der Waals surface area contributed by atoms with Crippen LogP contribution in [0.15, 0.2) is 35.3 Å². The van der Waals surface area contributed by atoms with Gasteiger partial charge < -0.3 is 10.7 Å². The van der Waals surface area contributed by atoms with Gasteiger partial charge in [0.2, 0.25) is 0 Å². The van der Waals surface area contributed by atoms with E-state index in [9.17, 15) is 9.59 Å². The molecule has 0 aliphatic carbocycles. The number of benzene rings is 1. The summed E-state index contributed by atoms with van der Waals surface area (Å²) in [5.74, 6) is -0.389. The monoisotopic (exact) mass is 346 g/mol. The minimum Gasteiger partial charge on any atom is -0.352 e. The molecule has 0 atom stereocenters. The van der Waals surface area contributed by atoms with E-state index < -0.39 is 0 Å². The number of hydrogen-bond acceptors (Lipinski definition) is 3. The predicted octanol–water partition coefficient (Wildman–Crippen LogP) is 3.10. The fraction of sp³-hybridized carbons (Fsp3) is 0.125. The van der Waals surface area contributed by atoms with Crippen LogP contribution in [0.2, 0.25) is 0 Å². The molecule has 0 aliphatic rings. The number of nitrogens with two attached hydrogens (primary N) is 1. The second kappa shape index (κ2) is 6.20. The lowest BCUT2D eigenvalue weighted by Crippen LogP contribution is -2.15. The minimum atomic E-state index is -0.233. The average Bonchev–Trinajstić information content (AvgIpc) is 2.82. The van der Waals surface area contributed by atoms with Crippen molar-refractivity contribution in [3.8, 4) is 0 Å². The Morgan fingerprint density at radius 2 is 2.14 bits per heavy atom. The first kappa shape index (κ1) is 15.4. The van der Waals surface area contributed by atoms with Crippen molar-refractivity contribution in [2.24, 2.45) is 5.73 Å². The lowest BCUT2D eigenvalue weighted by Gasteiger charge is -2.03. The summed E-state index contributed by atoms with van der Waals surface area (Å²) in [6.45, 7) is 5.31. The number of nitrogens with one attached hydrogen (secondary N) is 1. The Labute approximate surface area is 131 Å². The third-order valence-electron chi connectivity index (χ3n) is 3.26. The van der Waals surface area contributed by atoms with Gasteiger partial charge in [0.05, 0.1) is 17.8 Å². The van der Waals surface area contributed by atoms with Gasteiger partial charge in [-0.05, 0) is 30.7 Å². The van der Waals surface area contributed by atoms with Crippen LogP contribution in [0.4, 0.5) is 0 Å². The van der Waals surface area contributed by atoms with Gasteiger partial charge in [-0.3, -0.25) is 9.59 Å². The fourth-order valence-corrected chi connectivity index (χ4v) is 2.62. The third kappa shape index (κ3) is 2.89. The molecule has 2 aromatic rings. The molecule has 108 valence electrons. The van der Waals surface area contributed by atoms with Crippen molar-refractivity contribution in [1.82, 2.24) is 4.98 Å². The van der Waals surface area contributed by atoms with Gasteiger partial charge in [-0.15, -0.1) is 0 Å². The molecule has 0 aliphatic heterocycles. The number of aromatic amines is 1. The van der Waals surface area contributed by atoms with E-state index in [1.165, 1.54) is 6.08 Å². The molecule has 0 fully saturated rings. The lowest BCUT2D eigenvalue weighted by atomic mass is 9.98. The zero-order valence-electron chi connectivity index (χ0n) is 11.6. The summed E-state index contributed by atoms with van der Waals surface area (Å²) in [4.78, 5) is 27.4. The van der Waals surface area contributed by atoms with Gasteiger partial charge in [0.1, 0.15) is 0 Å². The number of carbonyl (C=O) groups excluding carboxylic acids is 2. The quantitative estimate of drug-likeness (QED) is 0.816. The Kier molecular flexibility index (Phi) is 4.55. The van der Waals surface area contributed by atoms with Crippen molar-refractivity contribution in [3.63, 3.8) is 0 Å². The van der Waals surface area contributed by atoms with Crippen molar-refractivity contribution in [3.05, 3.63) is 63.4 Å². The first-order valence-corrected chi connectivity index (χ1v) is 7.17. The van der Waals surface area contributed by atoms with Gasteiger partial charge in [0, 0.05) is 15.7 Å². The largest absolute Gasteiger partial charge is 0.352 e. The first-order valence-electron chi connectivity index (χ1n) is 6.38. The smallest absolute Gasteiger partial charge is 0.195 e. The summed E-state index contributed by atoms with van der Waals surface area (Å²) in [5, 5.41) is 0. The highest BCUT2D eigenvalue weighted by Gasteiger charge is 2.22. The van der Waals surface area contributed by atoms with Gasteiger partial charge in [0.15, 0.2) is 11.6 Å². The molecule has 0 unspecified atom stereocenters. The highest BCUT2D eigenvalue weighted by molar-refractivity contribution is 9.10. The van der Waals surface area contributed by atoms with Gasteiger partial charge in [-0.1, -0.05) is 34.6 Å². The molecule has 2 rings (SSSR count). The molecule has 1 heterocycles. The zero-order chi connectivity index (χ0) is 15.6. The van der Waals surface area contributed by atoms with Crippen molar-refractivity contribution >= 4 is 33.6 Å². The standard InChI is InChI=1S/C16H15BrN2O2/c1-3-12-14(9(2)15(19-12)13(20)8-18)16(21)10-5-4-6-11(17)7-10/h3-7,19H,1,8,18H2,2H3. The summed E-state index contributed by atoms with van der Waals surface area (Å²) < 4.78 is 0.819. The van der Waals surface area contributed by atoms with Crippen LogP contribution in [0, 0.1) is 6.92 Å². The van der Waals surface area contributed by atoms with Crippen molar-refractivity contribution in [1.29, 1.82) is 0 Å². The number of hydrogen-bond donors (Lipinski definition) is 2. The maximum absolute atomic E-state index is 12.7. The van der Waals surface area contributed by atoms with Crippen molar-refractivity contribution < 1.29 is 9.59 Å². The molecule has 4 nitrogen and oxygen atoms in total. The molecule has 5 heteroatoms. The number of aromatic nitrogens is 1. The summed E-state index contributed by atoms with van der Waals surface area (Å²) in [7, 11) is 0. The number of rotatable bonds is 5. The molecule has 21 heavy (non-hydrogen) atoms. The molecule has 3 N–H and O–H groups in total. The summed E-state index contributed by atoms with van der Waals surface area (Å²) in [5.41, 5.74) is 7.90. The van der Waals surface area contributed by atoms with Crippen LogP contribution in [0.1, 0.15) is 37.7 Å². The highest BCUT2D eigenvalue weighted by atomic mass is 79.9. The summed E-state index contributed by atoms with van der Waals surface area (Å²) in [6.07, 6.45) is 1.53. The van der Waals surface area contributed by atoms with Crippen molar-refractivity contribution in [2.75, 3.05) is 6.54 Å². The predicted molar refractivity (Wildman–Crippen MR) is 86.6 cm³/mol. The minimum absolute atomic E-state index is 0.109. The van der Waals surface area contributed by atoms with Crippen molar-refractivity contribution in [2.45, 2.75) is 6.92 Å². The number of Topliss-reactive ketones (excluding diaryl/α,β-unsaturated/α-hetero) is 1. The SMILES string of the molecule is C=Cc1[nH]c(C(=O)CN)c(C)c1C(=O)c1cccc(Br)c1. The first-order chi connectivity index (χ1) is 9.99. The molecule has 0 saturated heterocycles. The fourth-order valence-electron chi connectivity index (χ4n) is 2.22. The maximum atomic E-state index is 12.7. The Bertz CT molecular complexity index is 732. The van der Waals surface area contributed by atoms with Crippen LogP contribution in [-0.2, 0) is 0 Å². The molecular formula is C16H15BrN2O2.